The van der Waals surface area contributed by atoms with Crippen molar-refractivity contribution in [2.45, 2.75) is 25.7 Å². The van der Waals surface area contributed by atoms with Crippen LogP contribution in [0.5, 0.6) is 5.75 Å². The first-order valence-electron chi connectivity index (χ1n) is 4.84. The molecule has 0 aromatic heterocycles. The molecule has 0 aliphatic carbocycles. The Kier molecular flexibility index (Phi) is 2.44. The average Bonchev–Trinajstić information content (AvgIpc) is 2.17. The van der Waals surface area contributed by atoms with Crippen LogP contribution < -0.4 is 10.5 Å². The molecule has 1 aliphatic rings. The molecule has 1 aromatic rings. The lowest BCUT2D eigenvalue weighted by Gasteiger charge is -2.35. The van der Waals surface area contributed by atoms with Gasteiger partial charge in [0.1, 0.15) is 5.75 Å². The molecular formula is C11H15NO2. The highest BCUT2D eigenvalue weighted by atomic mass is 16.7. The standard InChI is InChI=1S/C11H15NO2/c1-11(6-7-12)13-8-9-4-2-3-5-10(9)14-11/h2-5H,6-8,12H2,1H3. The topological polar surface area (TPSA) is 44.5 Å². The third-order valence-corrected chi connectivity index (χ3v) is 2.43. The van der Waals surface area contributed by atoms with Gasteiger partial charge >= 0.3 is 0 Å². The lowest BCUT2D eigenvalue weighted by molar-refractivity contribution is -0.195. The molecule has 0 radical (unpaired) electrons. The van der Waals surface area contributed by atoms with Crippen LogP contribution in [-0.4, -0.2) is 12.3 Å². The van der Waals surface area contributed by atoms with Crippen molar-refractivity contribution in [1.82, 2.24) is 0 Å². The molecule has 0 bridgehead atoms. The third-order valence-electron chi connectivity index (χ3n) is 2.43. The van der Waals surface area contributed by atoms with Crippen molar-refractivity contribution in [3.05, 3.63) is 29.8 Å². The van der Waals surface area contributed by atoms with E-state index in [9.17, 15) is 0 Å². The van der Waals surface area contributed by atoms with Crippen LogP contribution in [0.2, 0.25) is 0 Å². The van der Waals surface area contributed by atoms with Gasteiger partial charge in [-0.05, 0) is 12.6 Å². The Bertz CT molecular complexity index is 327. The number of rotatable bonds is 2. The smallest absolute Gasteiger partial charge is 0.209 e. The number of para-hydroxylation sites is 1. The Labute approximate surface area is 83.8 Å². The Morgan fingerprint density at radius 2 is 2.21 bits per heavy atom. The molecule has 0 saturated heterocycles. The zero-order valence-electron chi connectivity index (χ0n) is 8.32. The second kappa shape index (κ2) is 3.59. The number of nitrogens with two attached hydrogens (primary N) is 1. The van der Waals surface area contributed by atoms with Crippen LogP contribution in [0.15, 0.2) is 24.3 Å². The summed E-state index contributed by atoms with van der Waals surface area (Å²) >= 11 is 0. The molecule has 0 fully saturated rings. The summed E-state index contributed by atoms with van der Waals surface area (Å²) in [5.41, 5.74) is 6.60. The van der Waals surface area contributed by atoms with E-state index in [1.165, 1.54) is 0 Å². The van der Waals surface area contributed by atoms with Gasteiger partial charge in [-0.2, -0.15) is 0 Å². The maximum absolute atomic E-state index is 5.76. The van der Waals surface area contributed by atoms with E-state index in [1.807, 2.05) is 31.2 Å². The van der Waals surface area contributed by atoms with Gasteiger partial charge in [0.2, 0.25) is 5.79 Å². The minimum atomic E-state index is -0.552. The number of ether oxygens (including phenoxy) is 2. The number of hydrogen-bond acceptors (Lipinski definition) is 3. The first-order valence-corrected chi connectivity index (χ1v) is 4.84. The summed E-state index contributed by atoms with van der Waals surface area (Å²) in [6, 6.07) is 7.92. The van der Waals surface area contributed by atoms with Crippen molar-refractivity contribution in [2.24, 2.45) is 5.73 Å². The number of fused-ring (bicyclic) bond motifs is 1. The molecule has 3 heteroatoms. The summed E-state index contributed by atoms with van der Waals surface area (Å²) in [6.45, 7) is 3.10. The molecule has 1 unspecified atom stereocenters. The molecule has 2 rings (SSSR count). The van der Waals surface area contributed by atoms with E-state index in [4.69, 9.17) is 15.2 Å². The highest BCUT2D eigenvalue weighted by Gasteiger charge is 2.31. The van der Waals surface area contributed by atoms with Crippen LogP contribution in [-0.2, 0) is 11.3 Å². The van der Waals surface area contributed by atoms with Gasteiger partial charge in [-0.15, -0.1) is 0 Å². The molecule has 2 N–H and O–H groups in total. The van der Waals surface area contributed by atoms with E-state index in [2.05, 4.69) is 0 Å². The predicted molar refractivity (Wildman–Crippen MR) is 53.9 cm³/mol. The predicted octanol–water partition coefficient (Wildman–Crippen LogP) is 1.66. The summed E-state index contributed by atoms with van der Waals surface area (Å²) in [7, 11) is 0. The maximum Gasteiger partial charge on any atom is 0.209 e. The fourth-order valence-corrected chi connectivity index (χ4v) is 1.60. The molecule has 0 saturated carbocycles. The van der Waals surface area contributed by atoms with Crippen molar-refractivity contribution in [3.8, 4) is 5.75 Å². The van der Waals surface area contributed by atoms with Crippen molar-refractivity contribution in [1.29, 1.82) is 0 Å². The van der Waals surface area contributed by atoms with Gasteiger partial charge in [0.15, 0.2) is 0 Å². The fourth-order valence-electron chi connectivity index (χ4n) is 1.60. The van der Waals surface area contributed by atoms with E-state index in [0.29, 0.717) is 19.6 Å². The Morgan fingerprint density at radius 1 is 1.43 bits per heavy atom. The van der Waals surface area contributed by atoms with E-state index >= 15 is 0 Å². The molecule has 1 aliphatic heterocycles. The molecule has 14 heavy (non-hydrogen) atoms. The molecule has 1 aromatic carbocycles. The SMILES string of the molecule is CC1(CCN)OCc2ccccc2O1. The van der Waals surface area contributed by atoms with Crippen molar-refractivity contribution < 1.29 is 9.47 Å². The van der Waals surface area contributed by atoms with Crippen LogP contribution in [0.4, 0.5) is 0 Å². The molecule has 1 atom stereocenters. The molecule has 0 spiro atoms. The number of hydrogen-bond donors (Lipinski definition) is 1. The van der Waals surface area contributed by atoms with Crippen LogP contribution in [0, 0.1) is 0 Å². The average molecular weight is 193 g/mol. The van der Waals surface area contributed by atoms with E-state index in [1.54, 1.807) is 0 Å². The quantitative estimate of drug-likeness (QED) is 0.776. The van der Waals surface area contributed by atoms with Gasteiger partial charge in [0, 0.05) is 18.9 Å². The zero-order chi connectivity index (χ0) is 10.0. The van der Waals surface area contributed by atoms with Gasteiger partial charge in [-0.1, -0.05) is 18.2 Å². The minimum Gasteiger partial charge on any atom is -0.462 e. The normalized spacial score (nSPS) is 25.3. The van der Waals surface area contributed by atoms with Crippen LogP contribution in [0.1, 0.15) is 18.9 Å². The Hall–Kier alpha value is -1.06. The molecule has 76 valence electrons. The van der Waals surface area contributed by atoms with Crippen molar-refractivity contribution >= 4 is 0 Å². The van der Waals surface area contributed by atoms with Crippen molar-refractivity contribution in [3.63, 3.8) is 0 Å². The van der Waals surface area contributed by atoms with E-state index in [0.717, 1.165) is 11.3 Å². The highest BCUT2D eigenvalue weighted by Crippen LogP contribution is 2.32. The lowest BCUT2D eigenvalue weighted by atomic mass is 10.1. The van der Waals surface area contributed by atoms with Gasteiger partial charge in [-0.3, -0.25) is 0 Å². The van der Waals surface area contributed by atoms with E-state index in [-0.39, 0.29) is 0 Å². The largest absolute Gasteiger partial charge is 0.462 e. The minimum absolute atomic E-state index is 0.552. The number of benzene rings is 1. The first-order chi connectivity index (χ1) is 6.73. The highest BCUT2D eigenvalue weighted by molar-refractivity contribution is 5.34. The summed E-state index contributed by atoms with van der Waals surface area (Å²) in [6.07, 6.45) is 0.710. The third kappa shape index (κ3) is 1.74. The van der Waals surface area contributed by atoms with Gasteiger partial charge in [0.25, 0.3) is 0 Å². The zero-order valence-corrected chi connectivity index (χ0v) is 8.32. The van der Waals surface area contributed by atoms with Crippen LogP contribution >= 0.6 is 0 Å². The second-order valence-corrected chi connectivity index (χ2v) is 3.67. The summed E-state index contributed by atoms with van der Waals surface area (Å²) in [5.74, 6) is 0.359. The maximum atomic E-state index is 5.76. The fraction of sp³-hybridized carbons (Fsp3) is 0.455. The molecule has 3 nitrogen and oxygen atoms in total. The van der Waals surface area contributed by atoms with Crippen molar-refractivity contribution in [2.75, 3.05) is 6.54 Å². The van der Waals surface area contributed by atoms with Gasteiger partial charge in [0.05, 0.1) is 6.61 Å². The van der Waals surface area contributed by atoms with Gasteiger partial charge in [-0.25, -0.2) is 0 Å². The summed E-state index contributed by atoms with van der Waals surface area (Å²) in [4.78, 5) is 0. The van der Waals surface area contributed by atoms with E-state index < -0.39 is 5.79 Å². The monoisotopic (exact) mass is 193 g/mol. The Balaban J connectivity index is 2.20. The molecular weight excluding hydrogens is 178 g/mol. The summed E-state index contributed by atoms with van der Waals surface area (Å²) < 4.78 is 11.4. The Morgan fingerprint density at radius 3 is 3.00 bits per heavy atom. The second-order valence-electron chi connectivity index (χ2n) is 3.67. The summed E-state index contributed by atoms with van der Waals surface area (Å²) in [5, 5.41) is 0. The van der Waals surface area contributed by atoms with Crippen LogP contribution in [0.3, 0.4) is 0 Å². The lowest BCUT2D eigenvalue weighted by Crippen LogP contribution is -2.40. The van der Waals surface area contributed by atoms with Crippen LogP contribution in [0.25, 0.3) is 0 Å². The first kappa shape index (κ1) is 9.49. The molecule has 1 heterocycles. The molecule has 0 amide bonds. The van der Waals surface area contributed by atoms with Gasteiger partial charge < -0.3 is 15.2 Å².